The Morgan fingerprint density at radius 1 is 0.960 bits per heavy atom. The molecule has 1 saturated heterocycles. The number of ether oxygens (including phenoxy) is 1. The molecule has 1 unspecified atom stereocenters. The Labute approximate surface area is 147 Å². The molecule has 2 aromatic carbocycles. The van der Waals surface area contributed by atoms with Crippen molar-refractivity contribution >= 4 is 0 Å². The first-order valence-corrected chi connectivity index (χ1v) is 8.39. The summed E-state index contributed by atoms with van der Waals surface area (Å²) in [5.41, 5.74) is -2.09. The first-order valence-electron chi connectivity index (χ1n) is 8.39. The van der Waals surface area contributed by atoms with Crippen molar-refractivity contribution in [2.24, 2.45) is 0 Å². The molecule has 0 amide bonds. The fourth-order valence-electron chi connectivity index (χ4n) is 3.44. The fourth-order valence-corrected chi connectivity index (χ4v) is 3.44. The molecule has 1 aliphatic heterocycles. The minimum Gasteiger partial charge on any atom is -0.390 e. The van der Waals surface area contributed by atoms with Crippen LogP contribution < -0.4 is 0 Å². The normalized spacial score (nSPS) is 33.3. The molecule has 25 heavy (non-hydrogen) atoms. The van der Waals surface area contributed by atoms with Gasteiger partial charge in [-0.2, -0.15) is 0 Å². The lowest BCUT2D eigenvalue weighted by Gasteiger charge is -2.39. The summed E-state index contributed by atoms with van der Waals surface area (Å²) in [4.78, 5) is 0. The second-order valence-corrected chi connectivity index (χ2v) is 6.90. The van der Waals surface area contributed by atoms with E-state index in [4.69, 9.17) is 4.74 Å². The van der Waals surface area contributed by atoms with Gasteiger partial charge in [0.25, 0.3) is 0 Å². The number of rotatable bonds is 5. The van der Waals surface area contributed by atoms with E-state index in [2.05, 4.69) is 0 Å². The Morgan fingerprint density at radius 3 is 2.04 bits per heavy atom. The van der Waals surface area contributed by atoms with E-state index in [1.807, 2.05) is 60.7 Å². The van der Waals surface area contributed by atoms with Crippen molar-refractivity contribution in [2.45, 2.75) is 49.5 Å². The van der Waals surface area contributed by atoms with Gasteiger partial charge in [-0.25, -0.2) is 0 Å². The van der Waals surface area contributed by atoms with E-state index in [1.165, 1.54) is 6.92 Å². The van der Waals surface area contributed by atoms with Crippen LogP contribution in [0.4, 0.5) is 0 Å². The first-order chi connectivity index (χ1) is 11.8. The second-order valence-electron chi connectivity index (χ2n) is 6.90. The Morgan fingerprint density at radius 2 is 1.48 bits per heavy atom. The van der Waals surface area contributed by atoms with E-state index in [0.717, 1.165) is 11.1 Å². The van der Waals surface area contributed by atoms with Gasteiger partial charge in [-0.3, -0.25) is 0 Å². The van der Waals surface area contributed by atoms with Gasteiger partial charge in [0.05, 0.1) is 6.10 Å². The van der Waals surface area contributed by atoms with Crippen molar-refractivity contribution in [3.05, 3.63) is 71.8 Å². The molecule has 0 radical (unpaired) electrons. The molecule has 4 N–H and O–H groups in total. The highest BCUT2D eigenvalue weighted by molar-refractivity contribution is 5.24. The number of aliphatic hydroxyl groups is 4. The van der Waals surface area contributed by atoms with E-state index >= 15 is 0 Å². The van der Waals surface area contributed by atoms with Crippen molar-refractivity contribution in [3.8, 4) is 0 Å². The number of benzene rings is 2. The highest BCUT2D eigenvalue weighted by atomic mass is 16.7. The molecule has 2 aromatic rings. The van der Waals surface area contributed by atoms with Crippen LogP contribution in [0.15, 0.2) is 60.7 Å². The Bertz CT molecular complexity index is 688. The molecule has 134 valence electrons. The van der Waals surface area contributed by atoms with Gasteiger partial charge in [-0.15, -0.1) is 0 Å². The van der Waals surface area contributed by atoms with Gasteiger partial charge in [-0.1, -0.05) is 60.7 Å². The maximum absolute atomic E-state index is 11.3. The molecule has 5 nitrogen and oxygen atoms in total. The minimum absolute atomic E-state index is 0.0500. The zero-order chi connectivity index (χ0) is 18.1. The molecule has 3 rings (SSSR count). The molecule has 1 fully saturated rings. The van der Waals surface area contributed by atoms with Gasteiger partial charge >= 0.3 is 0 Å². The third kappa shape index (κ3) is 3.34. The zero-order valence-corrected chi connectivity index (χ0v) is 14.1. The monoisotopic (exact) mass is 344 g/mol. The maximum atomic E-state index is 11.3. The van der Waals surface area contributed by atoms with Crippen molar-refractivity contribution in [2.75, 3.05) is 0 Å². The quantitative estimate of drug-likeness (QED) is 0.651. The summed E-state index contributed by atoms with van der Waals surface area (Å²) in [6.45, 7) is 1.33. The fraction of sp³-hybridized carbons (Fsp3) is 0.400. The van der Waals surface area contributed by atoms with Gasteiger partial charge in [0.2, 0.25) is 0 Å². The Hall–Kier alpha value is -1.76. The predicted octanol–water partition coefficient (Wildman–Crippen LogP) is 1.03. The van der Waals surface area contributed by atoms with Crippen molar-refractivity contribution in [1.82, 2.24) is 0 Å². The van der Waals surface area contributed by atoms with Crippen LogP contribution in [0.5, 0.6) is 0 Å². The molecule has 5 atom stereocenters. The van der Waals surface area contributed by atoms with Gasteiger partial charge in [-0.05, 0) is 18.1 Å². The molecular formula is C20H24O5. The summed E-state index contributed by atoms with van der Waals surface area (Å²) in [6, 6.07) is 18.5. The van der Waals surface area contributed by atoms with E-state index in [9.17, 15) is 20.4 Å². The molecule has 0 spiro atoms. The topological polar surface area (TPSA) is 90.2 Å². The van der Waals surface area contributed by atoms with E-state index < -0.39 is 29.7 Å². The third-order valence-corrected chi connectivity index (χ3v) is 5.06. The summed E-state index contributed by atoms with van der Waals surface area (Å²) in [5.74, 6) is 0. The number of hydrogen-bond acceptors (Lipinski definition) is 5. The number of aliphatic hydroxyl groups excluding tert-OH is 2. The predicted molar refractivity (Wildman–Crippen MR) is 92.8 cm³/mol. The largest absolute Gasteiger partial charge is 0.390 e. The van der Waals surface area contributed by atoms with Crippen LogP contribution >= 0.6 is 0 Å². The summed E-state index contributed by atoms with van der Waals surface area (Å²) in [7, 11) is 0. The van der Waals surface area contributed by atoms with E-state index in [0.29, 0.717) is 0 Å². The standard InChI is InChI=1S/C20H24O5/c1-19(23)18(22)25-17(16(21)12-14-8-4-2-5-9-14)20(19,24)13-15-10-6-3-7-11-15/h2-11,16-18,21-24H,12-13H2,1H3/t16?,17-,18+,19+,20-/m1/s1. The molecule has 0 aliphatic carbocycles. The lowest BCUT2D eigenvalue weighted by molar-refractivity contribution is -0.183. The van der Waals surface area contributed by atoms with E-state index in [1.54, 1.807) is 0 Å². The summed E-state index contributed by atoms with van der Waals surface area (Å²) in [6.07, 6.45) is -3.51. The highest BCUT2D eigenvalue weighted by Crippen LogP contribution is 2.43. The molecule has 0 bridgehead atoms. The second kappa shape index (κ2) is 6.86. The Balaban J connectivity index is 1.88. The molecule has 1 heterocycles. The van der Waals surface area contributed by atoms with Crippen LogP contribution in [0.25, 0.3) is 0 Å². The van der Waals surface area contributed by atoms with Gasteiger partial charge in [0.1, 0.15) is 17.3 Å². The van der Waals surface area contributed by atoms with Crippen LogP contribution in [-0.4, -0.2) is 50.1 Å². The van der Waals surface area contributed by atoms with Gasteiger partial charge in [0.15, 0.2) is 6.29 Å². The van der Waals surface area contributed by atoms with Crippen LogP contribution in [0.3, 0.4) is 0 Å². The van der Waals surface area contributed by atoms with Crippen LogP contribution in [0.2, 0.25) is 0 Å². The average molecular weight is 344 g/mol. The molecule has 1 aliphatic rings. The summed E-state index contributed by atoms with van der Waals surface area (Å²) >= 11 is 0. The smallest absolute Gasteiger partial charge is 0.187 e. The van der Waals surface area contributed by atoms with Crippen molar-refractivity contribution in [3.63, 3.8) is 0 Å². The lowest BCUT2D eigenvalue weighted by atomic mass is 9.75. The van der Waals surface area contributed by atoms with Crippen molar-refractivity contribution in [1.29, 1.82) is 0 Å². The van der Waals surface area contributed by atoms with Crippen LogP contribution in [-0.2, 0) is 17.6 Å². The zero-order valence-electron chi connectivity index (χ0n) is 14.1. The maximum Gasteiger partial charge on any atom is 0.187 e. The average Bonchev–Trinajstić information content (AvgIpc) is 2.77. The van der Waals surface area contributed by atoms with Crippen LogP contribution in [0, 0.1) is 0 Å². The molecule has 0 saturated carbocycles. The van der Waals surface area contributed by atoms with E-state index in [-0.39, 0.29) is 12.8 Å². The summed E-state index contributed by atoms with van der Waals surface area (Å²) < 4.78 is 5.40. The number of hydrogen-bond donors (Lipinski definition) is 4. The van der Waals surface area contributed by atoms with Crippen molar-refractivity contribution < 1.29 is 25.2 Å². The molecule has 5 heteroatoms. The highest BCUT2D eigenvalue weighted by Gasteiger charge is 2.64. The first kappa shape index (κ1) is 18.0. The van der Waals surface area contributed by atoms with Gasteiger partial charge in [0, 0.05) is 12.8 Å². The third-order valence-electron chi connectivity index (χ3n) is 5.06. The SMILES string of the molecule is C[C@]1(O)[C@@H](O)O[C@H](C(O)Cc2ccccc2)[C@]1(O)Cc1ccccc1. The molecule has 0 aromatic heterocycles. The molecular weight excluding hydrogens is 320 g/mol. The minimum atomic E-state index is -1.91. The van der Waals surface area contributed by atoms with Crippen LogP contribution in [0.1, 0.15) is 18.1 Å². The van der Waals surface area contributed by atoms with Gasteiger partial charge < -0.3 is 25.2 Å². The Kier molecular flexibility index (Phi) is 4.95. The summed E-state index contributed by atoms with van der Waals surface area (Å²) in [5, 5.41) is 42.7. The lowest BCUT2D eigenvalue weighted by Crippen LogP contribution is -2.61.